The van der Waals surface area contributed by atoms with Gasteiger partial charge in [0.2, 0.25) is 5.91 Å². The number of nitrogens with two attached hydrogens (primary N) is 1. The lowest BCUT2D eigenvalue weighted by Gasteiger charge is -2.26. The van der Waals surface area contributed by atoms with Crippen molar-refractivity contribution in [1.82, 2.24) is 10.7 Å². The van der Waals surface area contributed by atoms with Crippen LogP contribution in [0.1, 0.15) is 12.0 Å². The maximum Gasteiger partial charge on any atom is 0.235 e. The van der Waals surface area contributed by atoms with Crippen molar-refractivity contribution in [3.8, 4) is 5.75 Å². The Morgan fingerprint density at radius 2 is 1.96 bits per heavy atom. The Kier molecular flexibility index (Phi) is 12.7. The van der Waals surface area contributed by atoms with Crippen LogP contribution in [0.15, 0.2) is 24.3 Å². The minimum atomic E-state index is -0.482. The first-order chi connectivity index (χ1) is 11.5. The third-order valence-electron chi connectivity index (χ3n) is 3.07. The number of hydrazine groups is 1. The van der Waals surface area contributed by atoms with Crippen LogP contribution in [-0.2, 0) is 9.53 Å². The number of methoxy groups -OCH3 is 1. The molecule has 1 aromatic carbocycles. The van der Waals surface area contributed by atoms with Gasteiger partial charge in [0.15, 0.2) is 0 Å². The SMILES string of the molecule is CO.COc1ccc(C)cc1.NNCC(=O)NC1COCC(O)C1. The van der Waals surface area contributed by atoms with Gasteiger partial charge >= 0.3 is 0 Å². The van der Waals surface area contributed by atoms with Crippen molar-refractivity contribution in [2.75, 3.05) is 34.0 Å². The first-order valence-electron chi connectivity index (χ1n) is 7.59. The lowest BCUT2D eigenvalue weighted by atomic mass is 10.1. The Morgan fingerprint density at radius 1 is 1.33 bits per heavy atom. The standard InChI is InChI=1S/C8H10O.C7H15N3O3.CH4O/c1-7-3-5-8(9-2)6-4-7;8-9-2-7(12)10-5-1-6(11)4-13-3-5;1-2/h3-6H,1-2H3;5-6,9,11H,1-4,8H2,(H,10,12);2H,1H3. The van der Waals surface area contributed by atoms with E-state index in [0.717, 1.165) is 12.9 Å². The van der Waals surface area contributed by atoms with Gasteiger partial charge in [0, 0.05) is 7.11 Å². The van der Waals surface area contributed by atoms with E-state index in [9.17, 15) is 9.90 Å². The Morgan fingerprint density at radius 3 is 2.46 bits per heavy atom. The summed E-state index contributed by atoms with van der Waals surface area (Å²) in [5.41, 5.74) is 3.51. The van der Waals surface area contributed by atoms with Crippen LogP contribution in [0.2, 0.25) is 0 Å². The Bertz CT molecular complexity index is 442. The zero-order valence-corrected chi connectivity index (χ0v) is 14.5. The van der Waals surface area contributed by atoms with E-state index in [-0.39, 0.29) is 18.5 Å². The third-order valence-corrected chi connectivity index (χ3v) is 3.07. The second-order valence-corrected chi connectivity index (χ2v) is 5.09. The van der Waals surface area contributed by atoms with E-state index in [4.69, 9.17) is 20.4 Å². The average Bonchev–Trinajstić information content (AvgIpc) is 2.58. The molecule has 0 spiro atoms. The molecule has 1 aliphatic heterocycles. The maximum absolute atomic E-state index is 11.0. The van der Waals surface area contributed by atoms with Crippen molar-refractivity contribution in [3.05, 3.63) is 29.8 Å². The smallest absolute Gasteiger partial charge is 0.235 e. The highest BCUT2D eigenvalue weighted by atomic mass is 16.5. The van der Waals surface area contributed by atoms with E-state index < -0.39 is 6.10 Å². The topological polar surface area (TPSA) is 126 Å². The molecule has 2 rings (SSSR count). The summed E-state index contributed by atoms with van der Waals surface area (Å²) in [4.78, 5) is 11.0. The van der Waals surface area contributed by atoms with Crippen LogP contribution >= 0.6 is 0 Å². The molecule has 0 saturated carbocycles. The number of hydrogen-bond acceptors (Lipinski definition) is 7. The number of aliphatic hydroxyl groups is 2. The second-order valence-electron chi connectivity index (χ2n) is 5.09. The summed E-state index contributed by atoms with van der Waals surface area (Å²) in [6.07, 6.45) is 0.0564. The number of carbonyl (C=O) groups is 1. The molecule has 0 bridgehead atoms. The van der Waals surface area contributed by atoms with Gasteiger partial charge in [-0.15, -0.1) is 0 Å². The molecule has 1 aromatic rings. The summed E-state index contributed by atoms with van der Waals surface area (Å²) in [6, 6.07) is 7.85. The molecule has 1 saturated heterocycles. The van der Waals surface area contributed by atoms with E-state index >= 15 is 0 Å². The number of amides is 1. The number of ether oxygens (including phenoxy) is 2. The largest absolute Gasteiger partial charge is 0.497 e. The fourth-order valence-electron chi connectivity index (χ4n) is 1.96. The quantitative estimate of drug-likeness (QED) is 0.362. The summed E-state index contributed by atoms with van der Waals surface area (Å²) < 4.78 is 10.0. The van der Waals surface area contributed by atoms with Crippen LogP contribution < -0.4 is 21.3 Å². The van der Waals surface area contributed by atoms with Gasteiger partial charge in [0.25, 0.3) is 0 Å². The highest BCUT2D eigenvalue weighted by molar-refractivity contribution is 5.78. The highest BCUT2D eigenvalue weighted by Crippen LogP contribution is 2.09. The summed E-state index contributed by atoms with van der Waals surface area (Å²) in [7, 11) is 2.67. The van der Waals surface area contributed by atoms with Crippen molar-refractivity contribution in [3.63, 3.8) is 0 Å². The van der Waals surface area contributed by atoms with Crippen LogP contribution in [0, 0.1) is 6.92 Å². The number of hydrogen-bond donors (Lipinski definition) is 5. The third kappa shape index (κ3) is 10.1. The first kappa shape index (κ1) is 22.3. The minimum Gasteiger partial charge on any atom is -0.497 e. The van der Waals surface area contributed by atoms with Crippen LogP contribution in [0.25, 0.3) is 0 Å². The molecule has 138 valence electrons. The van der Waals surface area contributed by atoms with E-state index in [1.807, 2.05) is 24.3 Å². The zero-order chi connectivity index (χ0) is 18.4. The lowest BCUT2D eigenvalue weighted by molar-refractivity contribution is -0.122. The van der Waals surface area contributed by atoms with Crippen LogP contribution in [0.3, 0.4) is 0 Å². The number of carbonyl (C=O) groups excluding carboxylic acids is 1. The molecule has 0 aromatic heterocycles. The van der Waals surface area contributed by atoms with Crippen molar-refractivity contribution < 1.29 is 24.5 Å². The van der Waals surface area contributed by atoms with E-state index in [1.165, 1.54) is 5.56 Å². The predicted octanol–water partition coefficient (Wildman–Crippen LogP) is -0.672. The maximum atomic E-state index is 11.0. The van der Waals surface area contributed by atoms with Gasteiger partial charge < -0.3 is 25.0 Å². The fraction of sp³-hybridized carbons (Fsp3) is 0.562. The zero-order valence-electron chi connectivity index (χ0n) is 14.5. The van der Waals surface area contributed by atoms with Gasteiger partial charge in [0.05, 0.1) is 39.0 Å². The van der Waals surface area contributed by atoms with Gasteiger partial charge in [-0.2, -0.15) is 0 Å². The monoisotopic (exact) mass is 343 g/mol. The summed E-state index contributed by atoms with van der Waals surface area (Å²) >= 11 is 0. The van der Waals surface area contributed by atoms with Crippen molar-refractivity contribution in [2.24, 2.45) is 5.84 Å². The number of nitrogens with one attached hydrogen (secondary N) is 2. The summed E-state index contributed by atoms with van der Waals surface area (Å²) in [5, 5.41) is 18.9. The molecule has 2 atom stereocenters. The van der Waals surface area contributed by atoms with Gasteiger partial charge in [-0.1, -0.05) is 17.7 Å². The van der Waals surface area contributed by atoms with Gasteiger partial charge in [-0.05, 0) is 25.5 Å². The van der Waals surface area contributed by atoms with Crippen LogP contribution in [0.5, 0.6) is 5.75 Å². The van der Waals surface area contributed by atoms with E-state index in [2.05, 4.69) is 17.7 Å². The van der Waals surface area contributed by atoms with Crippen molar-refractivity contribution in [2.45, 2.75) is 25.5 Å². The van der Waals surface area contributed by atoms with Gasteiger partial charge in [-0.25, -0.2) is 0 Å². The van der Waals surface area contributed by atoms with Gasteiger partial charge in [-0.3, -0.25) is 16.1 Å². The van der Waals surface area contributed by atoms with Crippen molar-refractivity contribution in [1.29, 1.82) is 0 Å². The Balaban J connectivity index is 0.000000420. The molecule has 6 N–H and O–H groups in total. The molecule has 0 aliphatic carbocycles. The number of aliphatic hydroxyl groups excluding tert-OH is 2. The Labute approximate surface area is 142 Å². The molecular formula is C16H29N3O5. The van der Waals surface area contributed by atoms with Crippen LogP contribution in [-0.4, -0.2) is 62.2 Å². The predicted molar refractivity (Wildman–Crippen MR) is 91.4 cm³/mol. The first-order valence-corrected chi connectivity index (χ1v) is 7.59. The molecule has 8 heteroatoms. The normalized spacial score (nSPS) is 19.1. The van der Waals surface area contributed by atoms with E-state index in [0.29, 0.717) is 19.6 Å². The molecule has 2 unspecified atom stereocenters. The molecule has 24 heavy (non-hydrogen) atoms. The average molecular weight is 343 g/mol. The fourth-order valence-corrected chi connectivity index (χ4v) is 1.96. The molecule has 1 fully saturated rings. The molecule has 1 heterocycles. The van der Waals surface area contributed by atoms with Crippen molar-refractivity contribution >= 4 is 5.91 Å². The number of aryl methyl sites for hydroxylation is 1. The van der Waals surface area contributed by atoms with E-state index in [1.54, 1.807) is 7.11 Å². The van der Waals surface area contributed by atoms with Crippen LogP contribution in [0.4, 0.5) is 0 Å². The van der Waals surface area contributed by atoms with Gasteiger partial charge in [0.1, 0.15) is 5.75 Å². The molecular weight excluding hydrogens is 314 g/mol. The Hall–Kier alpha value is -1.71. The second kappa shape index (κ2) is 13.7. The summed E-state index contributed by atoms with van der Waals surface area (Å²) in [5.74, 6) is 5.70. The number of benzene rings is 1. The minimum absolute atomic E-state index is 0.0760. The molecule has 1 amide bonds. The number of rotatable bonds is 4. The molecule has 1 aliphatic rings. The summed E-state index contributed by atoms with van der Waals surface area (Å²) in [6.45, 7) is 2.93. The molecule has 8 nitrogen and oxygen atoms in total. The lowest BCUT2D eigenvalue weighted by Crippen LogP contribution is -2.48. The molecule has 0 radical (unpaired) electrons. The highest BCUT2D eigenvalue weighted by Gasteiger charge is 2.21.